The van der Waals surface area contributed by atoms with Crippen molar-refractivity contribution in [1.82, 2.24) is 0 Å². The van der Waals surface area contributed by atoms with Crippen LogP contribution in [0.4, 0.5) is 0 Å². The fraction of sp³-hybridized carbons (Fsp3) is 0.556. The van der Waals surface area contributed by atoms with E-state index >= 15 is 0 Å². The van der Waals surface area contributed by atoms with Crippen molar-refractivity contribution in [3.63, 3.8) is 0 Å². The summed E-state index contributed by atoms with van der Waals surface area (Å²) in [6.07, 6.45) is 5.93. The number of hydrogen-bond acceptors (Lipinski definition) is 1. The molecule has 0 aromatic heterocycles. The zero-order chi connectivity index (χ0) is 7.61. The maximum atomic E-state index is 8.82. The summed E-state index contributed by atoms with van der Waals surface area (Å²) >= 11 is 0. The van der Waals surface area contributed by atoms with Crippen molar-refractivity contribution < 1.29 is 5.11 Å². The van der Waals surface area contributed by atoms with Crippen LogP contribution in [0.1, 0.15) is 13.3 Å². The smallest absolute Gasteiger partial charge is 0.0497 e. The number of rotatable bonds is 1. The monoisotopic (exact) mass is 134 g/mol. The lowest BCUT2D eigenvalue weighted by molar-refractivity contribution is 0.218. The molecule has 0 unspecified atom stereocenters. The molecule has 1 heteroatoms. The molecule has 2 atom stereocenters. The highest BCUT2D eigenvalue weighted by molar-refractivity contribution is 5.28. The third-order valence-electron chi connectivity index (χ3n) is 2.03. The van der Waals surface area contributed by atoms with E-state index < -0.39 is 0 Å². The largest absolute Gasteiger partial charge is 0.396 e. The van der Waals surface area contributed by atoms with E-state index in [4.69, 9.17) is 11.5 Å². The maximum Gasteiger partial charge on any atom is 0.0497 e. The Hall–Kier alpha value is -0.920. The Morgan fingerprint density at radius 3 is 2.90 bits per heavy atom. The van der Waals surface area contributed by atoms with Crippen molar-refractivity contribution in [2.75, 3.05) is 6.61 Å². The van der Waals surface area contributed by atoms with Crippen LogP contribution in [0.3, 0.4) is 0 Å². The Labute approximate surface area is 61.4 Å². The van der Waals surface area contributed by atoms with Gasteiger partial charge in [-0.1, -0.05) is 12.8 Å². The highest BCUT2D eigenvalue weighted by Gasteiger charge is 2.48. The Bertz CT molecular complexity index is 225. The molecule has 1 nitrogen and oxygen atoms in total. The van der Waals surface area contributed by atoms with Crippen LogP contribution < -0.4 is 0 Å². The first-order valence-corrected chi connectivity index (χ1v) is 3.30. The molecule has 0 aromatic rings. The Balaban J connectivity index is 2.47. The third-order valence-corrected chi connectivity index (χ3v) is 2.03. The summed E-state index contributed by atoms with van der Waals surface area (Å²) in [5.74, 6) is 8.05. The summed E-state index contributed by atoms with van der Waals surface area (Å²) in [7, 11) is 0. The molecule has 1 saturated carbocycles. The van der Waals surface area contributed by atoms with E-state index in [-0.39, 0.29) is 12.0 Å². The molecule has 0 bridgehead atoms. The lowest BCUT2D eigenvalue weighted by Crippen LogP contribution is -2.02. The van der Waals surface area contributed by atoms with E-state index in [2.05, 4.69) is 17.8 Å². The third kappa shape index (κ3) is 1.15. The summed E-state index contributed by atoms with van der Waals surface area (Å²) in [4.78, 5) is 0. The van der Waals surface area contributed by atoms with Gasteiger partial charge in [0.2, 0.25) is 0 Å². The van der Waals surface area contributed by atoms with Gasteiger partial charge in [0.05, 0.1) is 0 Å². The first kappa shape index (κ1) is 7.19. The van der Waals surface area contributed by atoms with Gasteiger partial charge >= 0.3 is 0 Å². The molecule has 10 heavy (non-hydrogen) atoms. The summed E-state index contributed by atoms with van der Waals surface area (Å²) in [6, 6.07) is 0. The molecule has 1 N–H and O–H groups in total. The Morgan fingerprint density at radius 2 is 2.50 bits per heavy atom. The molecular formula is C9H10O. The van der Waals surface area contributed by atoms with Crippen LogP contribution in [0.15, 0.2) is 0 Å². The van der Waals surface area contributed by atoms with E-state index in [0.717, 1.165) is 6.42 Å². The van der Waals surface area contributed by atoms with Gasteiger partial charge in [-0.05, 0) is 18.3 Å². The van der Waals surface area contributed by atoms with Crippen molar-refractivity contribution in [2.24, 2.45) is 11.3 Å². The standard InChI is InChI=1S/C9H10O/c1-3-4-5-8-6-9(8,2)7-10/h1,8,10H,6-7H2,2H3/t8-,9+/m0/s1. The minimum absolute atomic E-state index is 0.0455. The SMILES string of the molecule is C#CC#C[C@H]1C[C@]1(C)CO. The second-order valence-electron chi connectivity index (χ2n) is 2.98. The second-order valence-corrected chi connectivity index (χ2v) is 2.98. The van der Waals surface area contributed by atoms with Gasteiger partial charge in [0.1, 0.15) is 0 Å². The molecule has 0 aliphatic heterocycles. The zero-order valence-corrected chi connectivity index (χ0v) is 6.02. The Kier molecular flexibility index (Phi) is 1.70. The highest BCUT2D eigenvalue weighted by Crippen LogP contribution is 2.50. The van der Waals surface area contributed by atoms with Crippen LogP contribution in [0, 0.1) is 35.5 Å². The van der Waals surface area contributed by atoms with Crippen LogP contribution >= 0.6 is 0 Å². The normalized spacial score (nSPS) is 35.5. The average molecular weight is 134 g/mol. The van der Waals surface area contributed by atoms with Crippen LogP contribution in [0.5, 0.6) is 0 Å². The van der Waals surface area contributed by atoms with Gasteiger partial charge in [0.25, 0.3) is 0 Å². The van der Waals surface area contributed by atoms with Gasteiger partial charge in [-0.15, -0.1) is 6.42 Å². The number of terminal acetylenes is 1. The fourth-order valence-corrected chi connectivity index (χ4v) is 0.936. The molecule has 0 heterocycles. The van der Waals surface area contributed by atoms with Crippen molar-refractivity contribution in [3.8, 4) is 24.2 Å². The van der Waals surface area contributed by atoms with Crippen LogP contribution in [0.2, 0.25) is 0 Å². The lowest BCUT2D eigenvalue weighted by atomic mass is 10.1. The molecule has 0 saturated heterocycles. The highest BCUT2D eigenvalue weighted by atomic mass is 16.3. The number of aliphatic hydroxyl groups excluding tert-OH is 1. The molecular weight excluding hydrogens is 124 g/mol. The van der Waals surface area contributed by atoms with Crippen molar-refractivity contribution in [1.29, 1.82) is 0 Å². The van der Waals surface area contributed by atoms with Gasteiger partial charge in [-0.25, -0.2) is 0 Å². The molecule has 1 rings (SSSR count). The predicted octanol–water partition coefficient (Wildman–Crippen LogP) is 0.641. The number of aliphatic hydroxyl groups is 1. The van der Waals surface area contributed by atoms with Gasteiger partial charge < -0.3 is 5.11 Å². The van der Waals surface area contributed by atoms with Crippen molar-refractivity contribution in [2.45, 2.75) is 13.3 Å². The molecule has 0 amide bonds. The molecule has 0 spiro atoms. The molecule has 1 aliphatic rings. The summed E-state index contributed by atoms with van der Waals surface area (Å²) < 4.78 is 0. The first-order valence-electron chi connectivity index (χ1n) is 3.30. The number of hydrogen-bond donors (Lipinski definition) is 1. The predicted molar refractivity (Wildman–Crippen MR) is 39.9 cm³/mol. The Morgan fingerprint density at radius 1 is 1.80 bits per heavy atom. The van der Waals surface area contributed by atoms with E-state index in [9.17, 15) is 0 Å². The van der Waals surface area contributed by atoms with Gasteiger partial charge in [-0.3, -0.25) is 0 Å². The summed E-state index contributed by atoms with van der Waals surface area (Å²) in [5.41, 5.74) is 0.0455. The van der Waals surface area contributed by atoms with Crippen LogP contribution in [0.25, 0.3) is 0 Å². The quantitative estimate of drug-likeness (QED) is 0.522. The van der Waals surface area contributed by atoms with Crippen molar-refractivity contribution >= 4 is 0 Å². The van der Waals surface area contributed by atoms with Crippen molar-refractivity contribution in [3.05, 3.63) is 0 Å². The van der Waals surface area contributed by atoms with Gasteiger partial charge in [0.15, 0.2) is 0 Å². The first-order chi connectivity index (χ1) is 4.73. The molecule has 1 aliphatic carbocycles. The van der Waals surface area contributed by atoms with E-state index in [1.165, 1.54) is 0 Å². The molecule has 52 valence electrons. The van der Waals surface area contributed by atoms with E-state index in [0.29, 0.717) is 5.92 Å². The van der Waals surface area contributed by atoms with Gasteiger partial charge in [0, 0.05) is 17.9 Å². The topological polar surface area (TPSA) is 20.2 Å². The molecule has 1 fully saturated rings. The average Bonchev–Trinajstić information content (AvgIpc) is 2.59. The zero-order valence-electron chi connectivity index (χ0n) is 6.02. The second kappa shape index (κ2) is 2.37. The summed E-state index contributed by atoms with van der Waals surface area (Å²) in [6.45, 7) is 2.24. The fourth-order valence-electron chi connectivity index (χ4n) is 0.936. The van der Waals surface area contributed by atoms with Crippen LogP contribution in [-0.2, 0) is 0 Å². The summed E-state index contributed by atoms with van der Waals surface area (Å²) in [5, 5.41) is 8.82. The molecule has 0 aromatic carbocycles. The lowest BCUT2D eigenvalue weighted by Gasteiger charge is -1.99. The van der Waals surface area contributed by atoms with Crippen LogP contribution in [-0.4, -0.2) is 11.7 Å². The maximum absolute atomic E-state index is 8.82. The molecule has 0 radical (unpaired) electrons. The van der Waals surface area contributed by atoms with Gasteiger partial charge in [-0.2, -0.15) is 0 Å². The minimum atomic E-state index is 0.0455. The minimum Gasteiger partial charge on any atom is -0.396 e. The van der Waals surface area contributed by atoms with E-state index in [1.807, 2.05) is 6.92 Å². The van der Waals surface area contributed by atoms with E-state index in [1.54, 1.807) is 0 Å².